The molecule has 0 radical (unpaired) electrons. The van der Waals surface area contributed by atoms with E-state index in [1.807, 2.05) is 20.8 Å². The normalized spacial score (nSPS) is 20.3. The number of amides is 1. The number of piperidine rings is 1. The van der Waals surface area contributed by atoms with Gasteiger partial charge in [0.2, 0.25) is 0 Å². The van der Waals surface area contributed by atoms with E-state index in [2.05, 4.69) is 4.98 Å². The van der Waals surface area contributed by atoms with E-state index in [1.165, 1.54) is 0 Å². The second-order valence-electron chi connectivity index (χ2n) is 5.73. The van der Waals surface area contributed by atoms with Crippen LogP contribution < -0.4 is 0 Å². The van der Waals surface area contributed by atoms with Gasteiger partial charge in [-0.3, -0.25) is 4.98 Å². The van der Waals surface area contributed by atoms with Crippen molar-refractivity contribution in [3.63, 3.8) is 0 Å². The van der Waals surface area contributed by atoms with Crippen LogP contribution in [0.4, 0.5) is 4.79 Å². The van der Waals surface area contributed by atoms with E-state index in [0.717, 1.165) is 0 Å². The number of carbonyl (C=O) groups excluding carboxylic acids is 1. The summed E-state index contributed by atoms with van der Waals surface area (Å²) in [5, 5.41) is 0. The average Bonchev–Trinajstić information content (AvgIpc) is 2.47. The summed E-state index contributed by atoms with van der Waals surface area (Å²) in [7, 11) is 0. The Hall–Kier alpha value is -1.58. The summed E-state index contributed by atoms with van der Waals surface area (Å²) < 4.78 is 36.2. The lowest BCUT2D eigenvalue weighted by Crippen LogP contribution is -2.41. The second kappa shape index (κ2) is 5.59. The first kappa shape index (κ1) is 9.34. The highest BCUT2D eigenvalue weighted by Gasteiger charge is 2.27. The van der Waals surface area contributed by atoms with E-state index in [-0.39, 0.29) is 36.3 Å². The molecule has 1 aliphatic heterocycles. The van der Waals surface area contributed by atoms with Crippen molar-refractivity contribution in [2.24, 2.45) is 0 Å². The number of hydrogen-bond acceptors (Lipinski definition) is 3. The van der Waals surface area contributed by atoms with Crippen molar-refractivity contribution in [2.75, 3.05) is 13.1 Å². The Bertz CT molecular complexity index is 608. The largest absolute Gasteiger partial charge is 0.444 e. The molecule has 1 saturated heterocycles. The van der Waals surface area contributed by atoms with Crippen LogP contribution in [0.25, 0.3) is 0 Å². The van der Waals surface area contributed by atoms with Crippen LogP contribution in [0.5, 0.6) is 0 Å². The second-order valence-corrected chi connectivity index (χ2v) is 5.73. The van der Waals surface area contributed by atoms with Crippen LogP contribution in [0, 0.1) is 0 Å². The minimum atomic E-state index is -0.534. The molecule has 4 nitrogen and oxygen atoms in total. The summed E-state index contributed by atoms with van der Waals surface area (Å²) in [4.78, 5) is 17.7. The van der Waals surface area contributed by atoms with Crippen LogP contribution in [-0.2, 0) is 4.74 Å². The maximum atomic E-state index is 12.0. The van der Waals surface area contributed by atoms with E-state index in [9.17, 15) is 4.79 Å². The zero-order valence-corrected chi connectivity index (χ0v) is 11.6. The van der Waals surface area contributed by atoms with Gasteiger partial charge in [0.1, 0.15) is 5.60 Å². The fourth-order valence-corrected chi connectivity index (χ4v) is 2.09. The molecule has 1 aromatic rings. The molecule has 0 saturated carbocycles. The Balaban J connectivity index is 2.07. The Kier molecular flexibility index (Phi) is 2.75. The van der Waals surface area contributed by atoms with Gasteiger partial charge >= 0.3 is 6.09 Å². The Labute approximate surface area is 120 Å². The predicted molar refractivity (Wildman–Crippen MR) is 74.0 cm³/mol. The third kappa shape index (κ3) is 3.94. The molecule has 0 aliphatic carbocycles. The van der Waals surface area contributed by atoms with Gasteiger partial charge in [0.05, 0.1) is 5.48 Å². The molecular weight excluding hydrogens is 240 g/mol. The molecule has 2 rings (SSSR count). The van der Waals surface area contributed by atoms with Gasteiger partial charge in [-0.05, 0) is 45.7 Å². The zero-order valence-electron chi connectivity index (χ0n) is 15.6. The molecule has 4 heteroatoms. The molecule has 1 aliphatic rings. The number of nitrogens with zero attached hydrogens (tertiary/aromatic N) is 2. The summed E-state index contributed by atoms with van der Waals surface area (Å²) >= 11 is 0. The van der Waals surface area contributed by atoms with Crippen molar-refractivity contribution in [2.45, 2.75) is 45.1 Å². The fraction of sp³-hybridized carbons (Fsp3) is 0.600. The molecule has 1 fully saturated rings. The first-order valence-electron chi connectivity index (χ1n) is 8.52. The number of pyridine rings is 1. The molecule has 0 N–H and O–H groups in total. The highest BCUT2D eigenvalue weighted by Crippen LogP contribution is 2.27. The predicted octanol–water partition coefficient (Wildman–Crippen LogP) is 3.20. The van der Waals surface area contributed by atoms with Gasteiger partial charge in [-0.15, -0.1) is 0 Å². The van der Waals surface area contributed by atoms with Crippen LogP contribution >= 0.6 is 0 Å². The first-order valence-corrected chi connectivity index (χ1v) is 6.52. The monoisotopic (exact) mass is 266 g/mol. The molecule has 0 unspecified atom stereocenters. The van der Waals surface area contributed by atoms with Crippen molar-refractivity contribution >= 4 is 6.09 Å². The standard InChI is InChI=1S/C15H22N2O2/c1-15(2,3)19-14(18)17-10-7-12(8-11-17)13-6-4-5-9-16-13/h4-6,9,12H,7-8,10-11H2,1-3H3/i4D,5D,6D,9D. The fourth-order valence-electron chi connectivity index (χ4n) is 2.09. The first-order chi connectivity index (χ1) is 10.6. The Morgan fingerprint density at radius 1 is 1.42 bits per heavy atom. The SMILES string of the molecule is [2H]c1nc(C2CCN(C(=O)OC(C)(C)C)CC2)c([2H])c([2H])c1[2H]. The lowest BCUT2D eigenvalue weighted by atomic mass is 9.93. The molecule has 1 amide bonds. The zero-order chi connectivity index (χ0) is 17.4. The number of aromatic nitrogens is 1. The third-order valence-electron chi connectivity index (χ3n) is 3.02. The summed E-state index contributed by atoms with van der Waals surface area (Å²) in [5.74, 6) is -0.0741. The maximum Gasteiger partial charge on any atom is 0.410 e. The lowest BCUT2D eigenvalue weighted by Gasteiger charge is -2.33. The number of rotatable bonds is 1. The molecule has 0 atom stereocenters. The third-order valence-corrected chi connectivity index (χ3v) is 3.02. The highest BCUT2D eigenvalue weighted by molar-refractivity contribution is 5.68. The minimum absolute atomic E-state index is 0.0741. The van der Waals surface area contributed by atoms with Crippen LogP contribution in [0.3, 0.4) is 0 Å². The Morgan fingerprint density at radius 2 is 2.11 bits per heavy atom. The van der Waals surface area contributed by atoms with Crippen LogP contribution in [0.15, 0.2) is 24.3 Å². The van der Waals surface area contributed by atoms with E-state index >= 15 is 0 Å². The quantitative estimate of drug-likeness (QED) is 0.784. The van der Waals surface area contributed by atoms with E-state index in [4.69, 9.17) is 10.2 Å². The summed E-state index contributed by atoms with van der Waals surface area (Å²) in [6.45, 7) is 6.44. The smallest absolute Gasteiger partial charge is 0.410 e. The number of ether oxygens (including phenoxy) is 1. The molecular formula is C15H22N2O2. The summed E-state index contributed by atoms with van der Waals surface area (Å²) in [6.07, 6.45) is 0.595. The molecule has 2 heterocycles. The van der Waals surface area contributed by atoms with Gasteiger partial charge < -0.3 is 9.64 Å². The van der Waals surface area contributed by atoms with Crippen LogP contribution in [-0.4, -0.2) is 34.7 Å². The molecule has 1 aromatic heterocycles. The summed E-state index contributed by atoms with van der Waals surface area (Å²) in [6, 6.07) is -0.652. The number of carbonyl (C=O) groups is 1. The van der Waals surface area contributed by atoms with Gasteiger partial charge in [0.25, 0.3) is 0 Å². The minimum Gasteiger partial charge on any atom is -0.444 e. The van der Waals surface area contributed by atoms with Crippen LogP contribution in [0.1, 0.15) is 50.7 Å². The molecule has 0 aromatic carbocycles. The van der Waals surface area contributed by atoms with Gasteiger partial charge in [-0.1, -0.05) is 6.04 Å². The maximum absolute atomic E-state index is 12.0. The van der Waals surface area contributed by atoms with Crippen molar-refractivity contribution in [3.05, 3.63) is 30.0 Å². The molecule has 0 spiro atoms. The van der Waals surface area contributed by atoms with Gasteiger partial charge in [0, 0.05) is 30.9 Å². The summed E-state index contributed by atoms with van der Waals surface area (Å²) in [5.41, 5.74) is -0.145. The molecule has 0 bridgehead atoms. The number of likely N-dealkylation sites (tertiary alicyclic amines) is 1. The highest BCUT2D eigenvalue weighted by atomic mass is 16.6. The van der Waals surface area contributed by atoms with Gasteiger partial charge in [-0.25, -0.2) is 4.79 Å². The average molecular weight is 266 g/mol. The van der Waals surface area contributed by atoms with Crippen molar-refractivity contribution in [1.29, 1.82) is 0 Å². The topological polar surface area (TPSA) is 42.4 Å². The van der Waals surface area contributed by atoms with E-state index in [1.54, 1.807) is 4.90 Å². The van der Waals surface area contributed by atoms with Crippen molar-refractivity contribution in [1.82, 2.24) is 9.88 Å². The lowest BCUT2D eigenvalue weighted by molar-refractivity contribution is 0.0204. The number of hydrogen-bond donors (Lipinski definition) is 0. The van der Waals surface area contributed by atoms with Crippen molar-refractivity contribution in [3.8, 4) is 0 Å². The van der Waals surface area contributed by atoms with E-state index < -0.39 is 5.60 Å². The molecule has 104 valence electrons. The van der Waals surface area contributed by atoms with Gasteiger partial charge in [0.15, 0.2) is 0 Å². The van der Waals surface area contributed by atoms with Gasteiger partial charge in [-0.2, -0.15) is 0 Å². The molecule has 19 heavy (non-hydrogen) atoms. The Morgan fingerprint density at radius 3 is 2.74 bits per heavy atom. The van der Waals surface area contributed by atoms with E-state index in [0.29, 0.717) is 31.6 Å². The van der Waals surface area contributed by atoms with Crippen molar-refractivity contribution < 1.29 is 15.0 Å². The van der Waals surface area contributed by atoms with Crippen LogP contribution in [0.2, 0.25) is 0 Å².